The van der Waals surface area contributed by atoms with Crippen LogP contribution >= 0.6 is 11.6 Å². The molecule has 0 aliphatic carbocycles. The summed E-state index contributed by atoms with van der Waals surface area (Å²) >= 11 is 6.33. The Balaban J connectivity index is 1.57. The highest BCUT2D eigenvalue weighted by Gasteiger charge is 2.30. The maximum Gasteiger partial charge on any atom is 0.243 e. The van der Waals surface area contributed by atoms with Gasteiger partial charge in [0.15, 0.2) is 0 Å². The molecule has 0 fully saturated rings. The highest BCUT2D eigenvalue weighted by molar-refractivity contribution is 7.89. The number of rotatable bonds is 14. The molecule has 0 unspecified atom stereocenters. The summed E-state index contributed by atoms with van der Waals surface area (Å²) in [6, 6.07) is 32.3. The Morgan fingerprint density at radius 3 is 2.02 bits per heavy atom. The minimum atomic E-state index is -3.56. The number of nitrogens with one attached hydrogen (secondary N) is 2. The van der Waals surface area contributed by atoms with Gasteiger partial charge in [-0.25, -0.2) is 13.1 Å². The van der Waals surface area contributed by atoms with Gasteiger partial charge in [0.05, 0.1) is 4.90 Å². The van der Waals surface area contributed by atoms with Crippen molar-refractivity contribution in [2.45, 2.75) is 50.2 Å². The van der Waals surface area contributed by atoms with E-state index in [9.17, 15) is 18.0 Å². The standard InChI is InChI=1S/C34H36ClN3O4S/c1-2-37-43(41,42)30-20-17-26(18-21-30)19-22-33(39)38(25-28-13-7-4-8-14-28)32(23-27-11-5-3-6-12-27)34(40)36-24-29-15-9-10-16-31(29)35/h3-18,20-21,32,37H,2,19,22-25H2,1H3,(H,36,40)/t32-/m1/s1. The van der Waals surface area contributed by atoms with Crippen LogP contribution in [-0.2, 0) is 45.5 Å². The number of hydrogen-bond donors (Lipinski definition) is 2. The van der Waals surface area contributed by atoms with Gasteiger partial charge in [-0.2, -0.15) is 0 Å². The number of aryl methyl sites for hydroxylation is 1. The first kappa shape index (κ1) is 31.9. The zero-order chi connectivity index (χ0) is 30.7. The largest absolute Gasteiger partial charge is 0.350 e. The molecule has 2 amide bonds. The summed E-state index contributed by atoms with van der Waals surface area (Å²) in [5, 5.41) is 3.56. The lowest BCUT2D eigenvalue weighted by molar-refractivity contribution is -0.141. The molecule has 0 aliphatic heterocycles. The summed E-state index contributed by atoms with van der Waals surface area (Å²) in [6.07, 6.45) is 0.880. The second-order valence-corrected chi connectivity index (χ2v) is 12.3. The first-order valence-corrected chi connectivity index (χ1v) is 16.1. The van der Waals surface area contributed by atoms with Gasteiger partial charge < -0.3 is 10.2 Å². The highest BCUT2D eigenvalue weighted by atomic mass is 35.5. The second kappa shape index (κ2) is 15.5. The summed E-state index contributed by atoms with van der Waals surface area (Å²) in [4.78, 5) is 29.6. The quantitative estimate of drug-likeness (QED) is 0.195. The average Bonchev–Trinajstić information content (AvgIpc) is 3.02. The Morgan fingerprint density at radius 2 is 1.40 bits per heavy atom. The maximum absolute atomic E-state index is 13.9. The van der Waals surface area contributed by atoms with Crippen LogP contribution in [-0.4, -0.2) is 37.7 Å². The molecule has 0 aromatic heterocycles. The molecule has 0 aliphatic rings. The third kappa shape index (κ3) is 9.25. The molecule has 4 aromatic rings. The van der Waals surface area contributed by atoms with Gasteiger partial charge in [-0.1, -0.05) is 110 Å². The lowest BCUT2D eigenvalue weighted by Crippen LogP contribution is -2.50. The normalized spacial score (nSPS) is 12.0. The Hall–Kier alpha value is -3.98. The van der Waals surface area contributed by atoms with Crippen molar-refractivity contribution in [3.05, 3.63) is 136 Å². The lowest BCUT2D eigenvalue weighted by Gasteiger charge is -2.32. The van der Waals surface area contributed by atoms with E-state index < -0.39 is 16.1 Å². The van der Waals surface area contributed by atoms with Crippen molar-refractivity contribution in [2.75, 3.05) is 6.54 Å². The predicted octanol–water partition coefficient (Wildman–Crippen LogP) is 5.53. The molecule has 1 atom stereocenters. The number of hydrogen-bond acceptors (Lipinski definition) is 4. The number of nitrogens with zero attached hydrogens (tertiary/aromatic N) is 1. The van der Waals surface area contributed by atoms with Crippen molar-refractivity contribution in [1.82, 2.24) is 14.9 Å². The van der Waals surface area contributed by atoms with E-state index in [1.54, 1.807) is 42.2 Å². The van der Waals surface area contributed by atoms with E-state index in [2.05, 4.69) is 10.0 Å². The Kier molecular flexibility index (Phi) is 11.5. The molecule has 4 aromatic carbocycles. The summed E-state index contributed by atoms with van der Waals surface area (Å²) in [6.45, 7) is 2.52. The number of amides is 2. The van der Waals surface area contributed by atoms with Crippen molar-refractivity contribution in [1.29, 1.82) is 0 Å². The van der Waals surface area contributed by atoms with E-state index in [1.807, 2.05) is 78.9 Å². The van der Waals surface area contributed by atoms with Crippen LogP contribution in [0.25, 0.3) is 0 Å². The Bertz CT molecular complexity index is 1600. The summed E-state index contributed by atoms with van der Waals surface area (Å²) in [5.41, 5.74) is 3.46. The van der Waals surface area contributed by atoms with Crippen LogP contribution in [0.1, 0.15) is 35.6 Å². The molecule has 0 radical (unpaired) electrons. The van der Waals surface area contributed by atoms with Crippen LogP contribution in [0.3, 0.4) is 0 Å². The number of halogens is 1. The van der Waals surface area contributed by atoms with E-state index in [4.69, 9.17) is 11.6 Å². The molecule has 0 spiro atoms. The molecule has 2 N–H and O–H groups in total. The zero-order valence-electron chi connectivity index (χ0n) is 24.1. The lowest BCUT2D eigenvalue weighted by atomic mass is 10.0. The molecule has 9 heteroatoms. The fraction of sp³-hybridized carbons (Fsp3) is 0.235. The molecule has 224 valence electrons. The van der Waals surface area contributed by atoms with Crippen LogP contribution in [0.5, 0.6) is 0 Å². The minimum Gasteiger partial charge on any atom is -0.350 e. The fourth-order valence-corrected chi connectivity index (χ4v) is 6.02. The number of carbonyl (C=O) groups excluding carboxylic acids is 2. The summed E-state index contributed by atoms with van der Waals surface area (Å²) in [7, 11) is -3.56. The highest BCUT2D eigenvalue weighted by Crippen LogP contribution is 2.19. The molecular formula is C34H36ClN3O4S. The van der Waals surface area contributed by atoms with Crippen LogP contribution in [0, 0.1) is 0 Å². The van der Waals surface area contributed by atoms with Gasteiger partial charge in [0, 0.05) is 37.5 Å². The Morgan fingerprint density at radius 1 is 0.791 bits per heavy atom. The first-order valence-electron chi connectivity index (χ1n) is 14.2. The van der Waals surface area contributed by atoms with Gasteiger partial charge in [-0.3, -0.25) is 9.59 Å². The van der Waals surface area contributed by atoms with Crippen LogP contribution < -0.4 is 10.0 Å². The van der Waals surface area contributed by atoms with Crippen molar-refractivity contribution in [3.63, 3.8) is 0 Å². The number of sulfonamides is 1. The number of benzene rings is 4. The smallest absolute Gasteiger partial charge is 0.243 e. The molecule has 4 rings (SSSR count). The van der Waals surface area contributed by atoms with Crippen molar-refractivity contribution >= 4 is 33.4 Å². The molecule has 0 bridgehead atoms. The van der Waals surface area contributed by atoms with E-state index >= 15 is 0 Å². The van der Waals surface area contributed by atoms with Crippen LogP contribution in [0.4, 0.5) is 0 Å². The monoisotopic (exact) mass is 617 g/mol. The van der Waals surface area contributed by atoms with Crippen molar-refractivity contribution in [3.8, 4) is 0 Å². The van der Waals surface area contributed by atoms with E-state index in [0.717, 1.165) is 22.3 Å². The molecule has 0 saturated heterocycles. The summed E-state index contributed by atoms with van der Waals surface area (Å²) < 4.78 is 27.1. The van der Waals surface area contributed by atoms with Gasteiger partial charge in [-0.05, 0) is 46.9 Å². The van der Waals surface area contributed by atoms with Crippen LogP contribution in [0.15, 0.2) is 114 Å². The summed E-state index contributed by atoms with van der Waals surface area (Å²) in [5.74, 6) is -0.451. The third-order valence-corrected chi connectivity index (χ3v) is 9.00. The van der Waals surface area contributed by atoms with Gasteiger partial charge in [0.25, 0.3) is 0 Å². The molecule has 0 saturated carbocycles. The topological polar surface area (TPSA) is 95.6 Å². The van der Waals surface area contributed by atoms with Crippen molar-refractivity contribution in [2.24, 2.45) is 0 Å². The van der Waals surface area contributed by atoms with Gasteiger partial charge in [0.2, 0.25) is 21.8 Å². The molecular weight excluding hydrogens is 582 g/mol. The molecule has 0 heterocycles. The average molecular weight is 618 g/mol. The van der Waals surface area contributed by atoms with E-state index in [0.29, 0.717) is 24.4 Å². The minimum absolute atomic E-state index is 0.148. The SMILES string of the molecule is CCNS(=O)(=O)c1ccc(CCC(=O)N(Cc2ccccc2)[C@H](Cc2ccccc2)C(=O)NCc2ccccc2Cl)cc1. The van der Waals surface area contributed by atoms with Gasteiger partial charge in [0.1, 0.15) is 6.04 Å². The predicted molar refractivity (Wildman–Crippen MR) is 170 cm³/mol. The number of carbonyl (C=O) groups is 2. The molecule has 43 heavy (non-hydrogen) atoms. The first-order chi connectivity index (χ1) is 20.8. The Labute approximate surface area is 258 Å². The fourth-order valence-electron chi connectivity index (χ4n) is 4.78. The molecule has 7 nitrogen and oxygen atoms in total. The zero-order valence-corrected chi connectivity index (χ0v) is 25.7. The van der Waals surface area contributed by atoms with E-state index in [1.165, 1.54) is 0 Å². The van der Waals surface area contributed by atoms with Gasteiger partial charge >= 0.3 is 0 Å². The maximum atomic E-state index is 13.9. The third-order valence-electron chi connectivity index (χ3n) is 7.07. The second-order valence-electron chi connectivity index (χ2n) is 10.2. The van der Waals surface area contributed by atoms with E-state index in [-0.39, 0.29) is 36.2 Å². The van der Waals surface area contributed by atoms with Gasteiger partial charge in [-0.15, -0.1) is 0 Å². The van der Waals surface area contributed by atoms with Crippen molar-refractivity contribution < 1.29 is 18.0 Å². The van der Waals surface area contributed by atoms with Crippen LogP contribution in [0.2, 0.25) is 5.02 Å².